The highest BCUT2D eigenvalue weighted by Crippen LogP contribution is 2.27. The summed E-state index contributed by atoms with van der Waals surface area (Å²) in [7, 11) is 0. The van der Waals surface area contributed by atoms with Crippen molar-refractivity contribution >= 4 is 17.5 Å². The maximum atomic E-state index is 13.8. The number of nitrogens with zero attached hydrogens (tertiary/aromatic N) is 5. The van der Waals surface area contributed by atoms with E-state index >= 15 is 0 Å². The summed E-state index contributed by atoms with van der Waals surface area (Å²) in [5, 5.41) is 0. The number of pyridine rings is 1. The Balaban J connectivity index is 1.64. The van der Waals surface area contributed by atoms with Crippen molar-refractivity contribution in [2.75, 3.05) is 22.9 Å². The zero-order valence-corrected chi connectivity index (χ0v) is 18.8. The maximum Gasteiger partial charge on any atom is 0.240 e. The SMILES string of the molecule is Cc1cc(F)ccc1N(Cc1cnc(N2CCCCC2)nc1)[C@@H](Cc1cccnc1)C(N)=O. The van der Waals surface area contributed by atoms with Crippen molar-refractivity contribution in [2.45, 2.75) is 45.2 Å². The van der Waals surface area contributed by atoms with Crippen molar-refractivity contribution in [3.05, 3.63) is 77.6 Å². The van der Waals surface area contributed by atoms with E-state index < -0.39 is 11.9 Å². The fourth-order valence-electron chi connectivity index (χ4n) is 4.29. The molecule has 7 nitrogen and oxygen atoms in total. The Kier molecular flexibility index (Phi) is 7.12. The Morgan fingerprint density at radius 2 is 1.88 bits per heavy atom. The first-order valence-corrected chi connectivity index (χ1v) is 11.3. The van der Waals surface area contributed by atoms with Crippen molar-refractivity contribution in [2.24, 2.45) is 5.73 Å². The van der Waals surface area contributed by atoms with E-state index in [1.54, 1.807) is 30.9 Å². The largest absolute Gasteiger partial charge is 0.368 e. The molecule has 0 aliphatic carbocycles. The standard InChI is InChI=1S/C25H29FN6O/c1-18-12-21(26)7-8-22(18)32(23(24(27)33)13-19-6-5-9-28-14-19)17-20-15-29-25(30-16-20)31-10-3-2-4-11-31/h5-9,12,14-16,23H,2-4,10-11,13,17H2,1H3,(H2,27,33)/t23-/m0/s1. The van der Waals surface area contributed by atoms with Crippen LogP contribution in [-0.2, 0) is 17.8 Å². The summed E-state index contributed by atoms with van der Waals surface area (Å²) in [6, 6.07) is 7.63. The van der Waals surface area contributed by atoms with Gasteiger partial charge in [-0.25, -0.2) is 14.4 Å². The number of halogens is 1. The topological polar surface area (TPSA) is 88.2 Å². The van der Waals surface area contributed by atoms with Crippen LogP contribution in [0.1, 0.15) is 36.0 Å². The van der Waals surface area contributed by atoms with Crippen molar-refractivity contribution in [1.82, 2.24) is 15.0 Å². The van der Waals surface area contributed by atoms with Gasteiger partial charge < -0.3 is 15.5 Å². The van der Waals surface area contributed by atoms with Crippen LogP contribution in [0.2, 0.25) is 0 Å². The van der Waals surface area contributed by atoms with Gasteiger partial charge in [-0.1, -0.05) is 6.07 Å². The number of carbonyl (C=O) groups excluding carboxylic acids is 1. The van der Waals surface area contributed by atoms with E-state index in [1.165, 1.54) is 18.6 Å². The molecule has 0 saturated carbocycles. The number of piperidine rings is 1. The summed E-state index contributed by atoms with van der Waals surface area (Å²) in [4.78, 5) is 30.0. The van der Waals surface area contributed by atoms with Gasteiger partial charge in [-0.05, 0) is 61.6 Å². The number of carbonyl (C=O) groups is 1. The number of rotatable bonds is 8. The molecule has 4 rings (SSSR count). The van der Waals surface area contributed by atoms with Crippen LogP contribution in [0.5, 0.6) is 0 Å². The second-order valence-corrected chi connectivity index (χ2v) is 8.48. The Morgan fingerprint density at radius 3 is 2.52 bits per heavy atom. The molecule has 0 spiro atoms. The van der Waals surface area contributed by atoms with Crippen molar-refractivity contribution in [1.29, 1.82) is 0 Å². The number of benzene rings is 1. The third kappa shape index (κ3) is 5.63. The fraction of sp³-hybridized carbons (Fsp3) is 0.360. The number of hydrogen-bond acceptors (Lipinski definition) is 6. The molecule has 172 valence electrons. The highest BCUT2D eigenvalue weighted by molar-refractivity contribution is 5.84. The summed E-state index contributed by atoms with van der Waals surface area (Å²) < 4.78 is 13.8. The monoisotopic (exact) mass is 448 g/mol. The van der Waals surface area contributed by atoms with Gasteiger partial charge in [-0.15, -0.1) is 0 Å². The molecule has 1 fully saturated rings. The Bertz CT molecular complexity index is 1070. The molecule has 2 N–H and O–H groups in total. The first-order chi connectivity index (χ1) is 16.0. The average molecular weight is 449 g/mol. The van der Waals surface area contributed by atoms with E-state index in [4.69, 9.17) is 5.73 Å². The van der Waals surface area contributed by atoms with Crippen LogP contribution >= 0.6 is 0 Å². The minimum atomic E-state index is -0.653. The van der Waals surface area contributed by atoms with Crippen LogP contribution in [-0.4, -0.2) is 40.0 Å². The third-order valence-electron chi connectivity index (χ3n) is 6.01. The van der Waals surface area contributed by atoms with Gasteiger partial charge in [0.25, 0.3) is 0 Å². The molecular weight excluding hydrogens is 419 g/mol. The van der Waals surface area contributed by atoms with E-state index in [-0.39, 0.29) is 5.82 Å². The molecule has 2 aromatic heterocycles. The summed E-state index contributed by atoms with van der Waals surface area (Å²) in [6.07, 6.45) is 10.9. The van der Waals surface area contributed by atoms with Gasteiger partial charge in [0.1, 0.15) is 11.9 Å². The minimum absolute atomic E-state index is 0.326. The van der Waals surface area contributed by atoms with E-state index in [0.717, 1.165) is 54.3 Å². The molecule has 3 heterocycles. The van der Waals surface area contributed by atoms with Gasteiger partial charge in [0.2, 0.25) is 11.9 Å². The molecular formula is C25H29FN6O. The Labute approximate surface area is 193 Å². The summed E-state index contributed by atoms with van der Waals surface area (Å²) in [5.74, 6) is -0.0634. The number of aromatic nitrogens is 3. The number of primary amides is 1. The quantitative estimate of drug-likeness (QED) is 0.568. The van der Waals surface area contributed by atoms with Crippen molar-refractivity contribution < 1.29 is 9.18 Å². The van der Waals surface area contributed by atoms with E-state index in [0.29, 0.717) is 13.0 Å². The highest BCUT2D eigenvalue weighted by Gasteiger charge is 2.27. The summed E-state index contributed by atoms with van der Waals surface area (Å²) in [5.41, 5.74) is 9.06. The Morgan fingerprint density at radius 1 is 1.12 bits per heavy atom. The zero-order chi connectivity index (χ0) is 23.2. The van der Waals surface area contributed by atoms with Crippen LogP contribution in [0.25, 0.3) is 0 Å². The Hall–Kier alpha value is -3.55. The first-order valence-electron chi connectivity index (χ1n) is 11.3. The fourth-order valence-corrected chi connectivity index (χ4v) is 4.29. The highest BCUT2D eigenvalue weighted by atomic mass is 19.1. The van der Waals surface area contributed by atoms with Crippen LogP contribution in [0.15, 0.2) is 55.1 Å². The third-order valence-corrected chi connectivity index (χ3v) is 6.01. The predicted octanol–water partition coefficient (Wildman–Crippen LogP) is 3.41. The molecule has 1 saturated heterocycles. The maximum absolute atomic E-state index is 13.8. The number of anilines is 2. The molecule has 3 aromatic rings. The number of amides is 1. The molecule has 0 radical (unpaired) electrons. The number of nitrogens with two attached hydrogens (primary N) is 1. The van der Waals surface area contributed by atoms with Gasteiger partial charge in [-0.2, -0.15) is 0 Å². The molecule has 1 amide bonds. The predicted molar refractivity (Wildman–Crippen MR) is 126 cm³/mol. The normalized spacial score (nSPS) is 14.7. The lowest BCUT2D eigenvalue weighted by Gasteiger charge is -2.33. The second-order valence-electron chi connectivity index (χ2n) is 8.48. The molecule has 0 bridgehead atoms. The lowest BCUT2D eigenvalue weighted by Crippen LogP contribution is -2.46. The van der Waals surface area contributed by atoms with Crippen LogP contribution in [0.4, 0.5) is 16.0 Å². The zero-order valence-electron chi connectivity index (χ0n) is 18.8. The molecule has 1 atom stereocenters. The van der Waals surface area contributed by atoms with Crippen molar-refractivity contribution in [3.63, 3.8) is 0 Å². The minimum Gasteiger partial charge on any atom is -0.368 e. The van der Waals surface area contributed by atoms with E-state index in [9.17, 15) is 9.18 Å². The van der Waals surface area contributed by atoms with Crippen LogP contribution in [0, 0.1) is 12.7 Å². The number of aryl methyl sites for hydroxylation is 1. The second kappa shape index (κ2) is 10.4. The molecule has 8 heteroatoms. The number of hydrogen-bond donors (Lipinski definition) is 1. The van der Waals surface area contributed by atoms with Gasteiger partial charge in [0, 0.05) is 62.1 Å². The molecule has 1 aromatic carbocycles. The molecule has 33 heavy (non-hydrogen) atoms. The lowest BCUT2D eigenvalue weighted by atomic mass is 10.0. The average Bonchev–Trinajstić information content (AvgIpc) is 2.83. The van der Waals surface area contributed by atoms with E-state index in [2.05, 4.69) is 19.9 Å². The van der Waals surface area contributed by atoms with E-state index in [1.807, 2.05) is 24.0 Å². The van der Waals surface area contributed by atoms with Gasteiger partial charge in [-0.3, -0.25) is 9.78 Å². The smallest absolute Gasteiger partial charge is 0.240 e. The van der Waals surface area contributed by atoms with Crippen LogP contribution < -0.4 is 15.5 Å². The molecule has 1 aliphatic heterocycles. The van der Waals surface area contributed by atoms with Crippen molar-refractivity contribution in [3.8, 4) is 0 Å². The van der Waals surface area contributed by atoms with Gasteiger partial charge >= 0.3 is 0 Å². The summed E-state index contributed by atoms with van der Waals surface area (Å²) >= 11 is 0. The molecule has 1 aliphatic rings. The van der Waals surface area contributed by atoms with Crippen LogP contribution in [0.3, 0.4) is 0 Å². The lowest BCUT2D eigenvalue weighted by molar-refractivity contribution is -0.119. The molecule has 0 unspecified atom stereocenters. The van der Waals surface area contributed by atoms with Gasteiger partial charge in [0.15, 0.2) is 0 Å². The van der Waals surface area contributed by atoms with Gasteiger partial charge in [0.05, 0.1) is 0 Å². The summed E-state index contributed by atoms with van der Waals surface area (Å²) in [6.45, 7) is 4.12. The first kappa shape index (κ1) is 22.6.